The van der Waals surface area contributed by atoms with Crippen molar-refractivity contribution in [3.63, 3.8) is 0 Å². The molecule has 1 aliphatic rings. The number of nitrogens with zero attached hydrogens (tertiary/aromatic N) is 4. The smallest absolute Gasteiger partial charge is 0.254 e. The van der Waals surface area contributed by atoms with Gasteiger partial charge in [-0.25, -0.2) is 9.97 Å². The molecule has 0 saturated carbocycles. The van der Waals surface area contributed by atoms with Gasteiger partial charge in [0.2, 0.25) is 0 Å². The van der Waals surface area contributed by atoms with Gasteiger partial charge in [0.1, 0.15) is 11.6 Å². The van der Waals surface area contributed by atoms with Crippen LogP contribution >= 0.6 is 0 Å². The highest BCUT2D eigenvalue weighted by atomic mass is 16.2. The number of rotatable bonds is 4. The van der Waals surface area contributed by atoms with Crippen LogP contribution in [-0.4, -0.2) is 48.0 Å². The van der Waals surface area contributed by atoms with E-state index in [-0.39, 0.29) is 5.91 Å². The van der Waals surface area contributed by atoms with E-state index in [0.717, 1.165) is 38.2 Å². The Labute approximate surface area is 148 Å². The van der Waals surface area contributed by atoms with Crippen molar-refractivity contribution in [3.05, 3.63) is 47.8 Å². The molecular formula is C19H25N5O. The topological polar surface area (TPSA) is 75.4 Å². The first-order chi connectivity index (χ1) is 12.0. The van der Waals surface area contributed by atoms with Crippen LogP contribution in [0.25, 0.3) is 0 Å². The number of hydrogen-bond acceptors (Lipinski definition) is 5. The van der Waals surface area contributed by atoms with Gasteiger partial charge in [-0.1, -0.05) is 6.07 Å². The van der Waals surface area contributed by atoms with Crippen LogP contribution in [0.5, 0.6) is 0 Å². The summed E-state index contributed by atoms with van der Waals surface area (Å²) in [6, 6.07) is 7.54. The number of pyridine rings is 2. The molecular weight excluding hydrogens is 314 g/mol. The lowest BCUT2D eigenvalue weighted by molar-refractivity contribution is 0.0690. The SMILES string of the molecule is CN(C)c1cc(C(=O)N2CCC(Cc3ccc(N)nc3)CC2)ccn1. The van der Waals surface area contributed by atoms with E-state index in [1.54, 1.807) is 12.3 Å². The number of hydrogen-bond donors (Lipinski definition) is 1. The minimum absolute atomic E-state index is 0.0955. The summed E-state index contributed by atoms with van der Waals surface area (Å²) in [6.07, 6.45) is 6.58. The lowest BCUT2D eigenvalue weighted by Crippen LogP contribution is -2.39. The molecule has 25 heavy (non-hydrogen) atoms. The van der Waals surface area contributed by atoms with Crippen LogP contribution in [0.4, 0.5) is 11.6 Å². The van der Waals surface area contributed by atoms with Crippen molar-refractivity contribution in [1.82, 2.24) is 14.9 Å². The van der Waals surface area contributed by atoms with Gasteiger partial charge in [-0.3, -0.25) is 4.79 Å². The molecule has 6 nitrogen and oxygen atoms in total. The fraction of sp³-hybridized carbons (Fsp3) is 0.421. The lowest BCUT2D eigenvalue weighted by atomic mass is 9.90. The minimum atomic E-state index is 0.0955. The fourth-order valence-corrected chi connectivity index (χ4v) is 3.21. The Kier molecular flexibility index (Phi) is 5.16. The molecule has 0 radical (unpaired) electrons. The van der Waals surface area contributed by atoms with Gasteiger partial charge >= 0.3 is 0 Å². The molecule has 2 N–H and O–H groups in total. The highest BCUT2D eigenvalue weighted by Crippen LogP contribution is 2.23. The van der Waals surface area contributed by atoms with E-state index in [1.807, 2.05) is 48.3 Å². The van der Waals surface area contributed by atoms with Crippen LogP contribution in [0.1, 0.15) is 28.8 Å². The average Bonchev–Trinajstić information content (AvgIpc) is 2.64. The normalized spacial score (nSPS) is 15.2. The van der Waals surface area contributed by atoms with Gasteiger partial charge in [0.25, 0.3) is 5.91 Å². The maximum atomic E-state index is 12.7. The molecule has 0 aromatic carbocycles. The molecule has 3 rings (SSSR count). The largest absolute Gasteiger partial charge is 0.384 e. The summed E-state index contributed by atoms with van der Waals surface area (Å²) in [7, 11) is 3.85. The number of nitrogen functional groups attached to an aromatic ring is 1. The van der Waals surface area contributed by atoms with Crippen LogP contribution in [0.2, 0.25) is 0 Å². The second-order valence-electron chi connectivity index (χ2n) is 6.83. The Morgan fingerprint density at radius 2 is 2.00 bits per heavy atom. The van der Waals surface area contributed by atoms with E-state index < -0.39 is 0 Å². The predicted molar refractivity (Wildman–Crippen MR) is 99.5 cm³/mol. The molecule has 0 bridgehead atoms. The van der Waals surface area contributed by atoms with E-state index >= 15 is 0 Å². The third kappa shape index (κ3) is 4.26. The lowest BCUT2D eigenvalue weighted by Gasteiger charge is -2.32. The van der Waals surface area contributed by atoms with E-state index in [0.29, 0.717) is 17.3 Å². The zero-order valence-corrected chi connectivity index (χ0v) is 14.9. The number of nitrogens with two attached hydrogens (primary N) is 1. The van der Waals surface area contributed by atoms with E-state index in [2.05, 4.69) is 9.97 Å². The first-order valence-electron chi connectivity index (χ1n) is 8.66. The zero-order valence-electron chi connectivity index (χ0n) is 14.9. The number of amides is 1. The Bertz CT molecular complexity index is 721. The van der Waals surface area contributed by atoms with Crippen LogP contribution in [0.15, 0.2) is 36.7 Å². The highest BCUT2D eigenvalue weighted by Gasteiger charge is 2.24. The molecule has 0 spiro atoms. The first-order valence-corrected chi connectivity index (χ1v) is 8.66. The van der Waals surface area contributed by atoms with E-state index in [9.17, 15) is 4.79 Å². The number of piperidine rings is 1. The summed E-state index contributed by atoms with van der Waals surface area (Å²) in [6.45, 7) is 1.59. The molecule has 3 heterocycles. The summed E-state index contributed by atoms with van der Waals surface area (Å²) in [4.78, 5) is 25.0. The van der Waals surface area contributed by atoms with Crippen molar-refractivity contribution in [2.75, 3.05) is 37.8 Å². The van der Waals surface area contributed by atoms with Crippen LogP contribution in [0, 0.1) is 5.92 Å². The molecule has 1 saturated heterocycles. The third-order valence-electron chi connectivity index (χ3n) is 4.72. The molecule has 1 fully saturated rings. The summed E-state index contributed by atoms with van der Waals surface area (Å²) < 4.78 is 0. The van der Waals surface area contributed by atoms with Gasteiger partial charge in [0.15, 0.2) is 0 Å². The standard InChI is InChI=1S/C19H25N5O/c1-23(2)18-12-16(5-8-21-18)19(25)24-9-6-14(7-10-24)11-15-3-4-17(20)22-13-15/h3-5,8,12-14H,6-7,9-11H2,1-2H3,(H2,20,22). The van der Waals surface area contributed by atoms with Crippen molar-refractivity contribution in [3.8, 4) is 0 Å². The Morgan fingerprint density at radius 1 is 1.24 bits per heavy atom. The monoisotopic (exact) mass is 339 g/mol. The Balaban J connectivity index is 1.57. The van der Waals surface area contributed by atoms with Crippen molar-refractivity contribution in [2.45, 2.75) is 19.3 Å². The third-order valence-corrected chi connectivity index (χ3v) is 4.72. The molecule has 0 aliphatic carbocycles. The Hall–Kier alpha value is -2.63. The fourth-order valence-electron chi connectivity index (χ4n) is 3.21. The summed E-state index contributed by atoms with van der Waals surface area (Å²) in [5, 5.41) is 0. The zero-order chi connectivity index (χ0) is 17.8. The summed E-state index contributed by atoms with van der Waals surface area (Å²) >= 11 is 0. The van der Waals surface area contributed by atoms with Gasteiger partial charge in [0.05, 0.1) is 0 Å². The second kappa shape index (κ2) is 7.51. The first kappa shape index (κ1) is 17.2. The van der Waals surface area contributed by atoms with Crippen molar-refractivity contribution in [1.29, 1.82) is 0 Å². The molecule has 132 valence electrons. The van der Waals surface area contributed by atoms with Gasteiger partial charge in [-0.05, 0) is 48.9 Å². The van der Waals surface area contributed by atoms with Gasteiger partial charge in [-0.2, -0.15) is 0 Å². The van der Waals surface area contributed by atoms with Crippen LogP contribution < -0.4 is 10.6 Å². The number of carbonyl (C=O) groups excluding carboxylic acids is 1. The van der Waals surface area contributed by atoms with Gasteiger partial charge in [-0.15, -0.1) is 0 Å². The Morgan fingerprint density at radius 3 is 2.64 bits per heavy atom. The van der Waals surface area contributed by atoms with Gasteiger partial charge < -0.3 is 15.5 Å². The van der Waals surface area contributed by atoms with E-state index in [1.165, 1.54) is 5.56 Å². The molecule has 0 atom stereocenters. The average molecular weight is 339 g/mol. The molecule has 6 heteroatoms. The minimum Gasteiger partial charge on any atom is -0.384 e. The molecule has 0 unspecified atom stereocenters. The van der Waals surface area contributed by atoms with Crippen LogP contribution in [-0.2, 0) is 6.42 Å². The molecule has 2 aromatic rings. The maximum absolute atomic E-state index is 12.7. The highest BCUT2D eigenvalue weighted by molar-refractivity contribution is 5.94. The molecule has 1 aliphatic heterocycles. The second-order valence-corrected chi connectivity index (χ2v) is 6.83. The van der Waals surface area contributed by atoms with Crippen molar-refractivity contribution < 1.29 is 4.79 Å². The predicted octanol–water partition coefficient (Wildman–Crippen LogP) is 2.22. The molecule has 2 aromatic heterocycles. The molecule has 1 amide bonds. The summed E-state index contributed by atoms with van der Waals surface area (Å²) in [5.41, 5.74) is 7.55. The number of likely N-dealkylation sites (tertiary alicyclic amines) is 1. The summed E-state index contributed by atoms with van der Waals surface area (Å²) in [5.74, 6) is 2.04. The van der Waals surface area contributed by atoms with E-state index in [4.69, 9.17) is 5.73 Å². The quantitative estimate of drug-likeness (QED) is 0.924. The van der Waals surface area contributed by atoms with Gasteiger partial charge in [0, 0.05) is 45.1 Å². The number of carbonyl (C=O) groups is 1. The maximum Gasteiger partial charge on any atom is 0.254 e. The van der Waals surface area contributed by atoms with Crippen molar-refractivity contribution >= 4 is 17.5 Å². The van der Waals surface area contributed by atoms with Crippen LogP contribution in [0.3, 0.4) is 0 Å². The van der Waals surface area contributed by atoms with Crippen molar-refractivity contribution in [2.24, 2.45) is 5.92 Å². The number of aromatic nitrogens is 2. The number of anilines is 2.